The van der Waals surface area contributed by atoms with Gasteiger partial charge in [0.05, 0.1) is 37.2 Å². The highest BCUT2D eigenvalue weighted by molar-refractivity contribution is 7.80. The number of amides is 15. The molecule has 0 aliphatic rings. The summed E-state index contributed by atoms with van der Waals surface area (Å²) < 4.78 is 0. The van der Waals surface area contributed by atoms with Gasteiger partial charge in [-0.3, -0.25) is 76.7 Å². The molecule has 107 heavy (non-hydrogen) atoms. The SMILES string of the molecule is CC(C)[C@H](NC(=O)[C@H](CC(N)=O)NC(=O)[C@H](CO)NC(=O)[C@H](C)NC(=O)[C@H](Cc1ccccc1)NC(=O)[C@@H](N)CCCCN)C(=O)N[C@H](C(=O)N[C@@H](CCC(N)=O)C(=O)N[C@@H](CCCCN)C(=O)N[C@@H](CS)C(=O)N[C@H](C(=O)N[C@H](C(=O)N[C@@H](Cc1c[nH]cn1)C(=O)N[C@@H](C)C(=O)O)[C@@H](C)O)C(C)C)C(C)C. The molecular weight excluding hydrogens is 1420 g/mol. The number of rotatable bonds is 50. The van der Waals surface area contributed by atoms with Crippen LogP contribution >= 0.6 is 12.6 Å². The van der Waals surface area contributed by atoms with Crippen LogP contribution in [0.4, 0.5) is 0 Å². The summed E-state index contributed by atoms with van der Waals surface area (Å²) in [5, 5.41) is 62.0. The van der Waals surface area contributed by atoms with Gasteiger partial charge in [-0.1, -0.05) is 78.3 Å². The van der Waals surface area contributed by atoms with E-state index in [9.17, 15) is 92.0 Å². The molecular formula is C67H110N20O19S. The Hall–Kier alpha value is -9.90. The van der Waals surface area contributed by atoms with Crippen molar-refractivity contribution in [2.45, 2.75) is 224 Å². The number of carboxylic acid groups (broad SMARTS) is 1. The lowest BCUT2D eigenvalue weighted by Crippen LogP contribution is -2.63. The van der Waals surface area contributed by atoms with E-state index in [-0.39, 0.29) is 44.3 Å². The molecule has 1 aromatic heterocycles. The lowest BCUT2D eigenvalue weighted by atomic mass is 9.98. The molecule has 0 spiro atoms. The van der Waals surface area contributed by atoms with Crippen LogP contribution in [-0.2, 0) is 89.6 Å². The minimum atomic E-state index is -1.87. The van der Waals surface area contributed by atoms with Gasteiger partial charge < -0.3 is 118 Å². The third kappa shape index (κ3) is 33.2. The van der Waals surface area contributed by atoms with E-state index in [1.807, 2.05) is 0 Å². The Kier molecular flexibility index (Phi) is 41.5. The van der Waals surface area contributed by atoms with Gasteiger partial charge in [0.2, 0.25) is 88.6 Å². The molecule has 0 saturated carbocycles. The first-order valence-corrected chi connectivity index (χ1v) is 35.8. The van der Waals surface area contributed by atoms with E-state index in [1.54, 1.807) is 30.3 Å². The summed E-state index contributed by atoms with van der Waals surface area (Å²) in [5.74, 6) is -19.1. The second-order valence-electron chi connectivity index (χ2n) is 26.8. The highest BCUT2D eigenvalue weighted by Gasteiger charge is 2.40. The Labute approximate surface area is 625 Å². The summed E-state index contributed by atoms with van der Waals surface area (Å²) in [6.45, 7) is 12.1. The van der Waals surface area contributed by atoms with E-state index < -0.39 is 235 Å². The fourth-order valence-electron chi connectivity index (χ4n) is 10.3. The summed E-state index contributed by atoms with van der Waals surface area (Å²) in [6, 6.07) is -12.6. The summed E-state index contributed by atoms with van der Waals surface area (Å²) >= 11 is 4.26. The largest absolute Gasteiger partial charge is 0.480 e. The lowest BCUT2D eigenvalue weighted by molar-refractivity contribution is -0.142. The van der Waals surface area contributed by atoms with Crippen molar-refractivity contribution in [2.24, 2.45) is 46.4 Å². The van der Waals surface area contributed by atoms with Crippen LogP contribution in [0.25, 0.3) is 0 Å². The second kappa shape index (κ2) is 47.6. The van der Waals surface area contributed by atoms with Crippen molar-refractivity contribution < 1.29 is 92.0 Å². The molecule has 0 saturated heterocycles. The van der Waals surface area contributed by atoms with Crippen molar-refractivity contribution in [3.63, 3.8) is 0 Å². The number of carbonyl (C=O) groups is 16. The third-order valence-electron chi connectivity index (χ3n) is 16.7. The number of nitrogens with zero attached hydrogens (tertiary/aromatic N) is 1. The van der Waals surface area contributed by atoms with Crippen LogP contribution in [0, 0.1) is 17.8 Å². The average molecular weight is 1530 g/mol. The van der Waals surface area contributed by atoms with E-state index in [0.717, 1.165) is 6.92 Å². The number of imidazole rings is 1. The molecule has 2 aromatic rings. The fourth-order valence-corrected chi connectivity index (χ4v) is 10.6. The van der Waals surface area contributed by atoms with Crippen LogP contribution in [0.3, 0.4) is 0 Å². The second-order valence-corrected chi connectivity index (χ2v) is 27.2. The number of aliphatic hydroxyl groups is 2. The number of hydrogen-bond acceptors (Lipinski definition) is 23. The number of aliphatic carboxylic acids is 1. The molecule has 15 atom stereocenters. The Morgan fingerprint density at radius 2 is 0.850 bits per heavy atom. The highest BCUT2D eigenvalue weighted by atomic mass is 32.1. The number of carbonyl (C=O) groups excluding carboxylic acids is 15. The molecule has 15 amide bonds. The molecule has 1 aromatic carbocycles. The van der Waals surface area contributed by atoms with Crippen molar-refractivity contribution in [2.75, 3.05) is 25.4 Å². The molecule has 0 radical (unpaired) electrons. The number of carboxylic acids is 1. The molecule has 1 heterocycles. The van der Waals surface area contributed by atoms with Crippen molar-refractivity contribution in [3.05, 3.63) is 54.1 Å². The molecule has 0 fully saturated rings. The van der Waals surface area contributed by atoms with E-state index in [0.29, 0.717) is 31.4 Å². The predicted molar refractivity (Wildman–Crippen MR) is 390 cm³/mol. The predicted octanol–water partition coefficient (Wildman–Crippen LogP) is -7.38. The summed E-state index contributed by atoms with van der Waals surface area (Å²) in [6.07, 6.45) is 0.813. The number of nitrogens with one attached hydrogen (secondary N) is 14. The summed E-state index contributed by atoms with van der Waals surface area (Å²) in [7, 11) is 0. The van der Waals surface area contributed by atoms with Crippen LogP contribution in [0.2, 0.25) is 0 Å². The van der Waals surface area contributed by atoms with Crippen LogP contribution in [0.5, 0.6) is 0 Å². The Bertz CT molecular complexity index is 3310. The molecule has 0 aliphatic heterocycles. The van der Waals surface area contributed by atoms with Gasteiger partial charge in [0.1, 0.15) is 78.5 Å². The van der Waals surface area contributed by atoms with Crippen LogP contribution in [-0.4, -0.2) is 236 Å². The maximum absolute atomic E-state index is 14.3. The van der Waals surface area contributed by atoms with Crippen molar-refractivity contribution >= 4 is 107 Å². The lowest BCUT2D eigenvalue weighted by Gasteiger charge is -2.30. The maximum Gasteiger partial charge on any atom is 0.325 e. The number of nitrogens with two attached hydrogens (primary N) is 5. The number of aliphatic hydroxyl groups excluding tert-OH is 2. The summed E-state index contributed by atoms with van der Waals surface area (Å²) in [5.41, 5.74) is 29.3. The fraction of sp³-hybridized carbons (Fsp3) is 0.627. The van der Waals surface area contributed by atoms with Crippen molar-refractivity contribution in [3.8, 4) is 0 Å². The minimum Gasteiger partial charge on any atom is -0.480 e. The first-order valence-electron chi connectivity index (χ1n) is 35.1. The highest BCUT2D eigenvalue weighted by Crippen LogP contribution is 2.14. The molecule has 0 aliphatic carbocycles. The van der Waals surface area contributed by atoms with Crippen molar-refractivity contribution in [1.29, 1.82) is 0 Å². The van der Waals surface area contributed by atoms with Gasteiger partial charge in [-0.25, -0.2) is 4.98 Å². The Morgan fingerprint density at radius 1 is 0.449 bits per heavy atom. The Morgan fingerprint density at radius 3 is 1.33 bits per heavy atom. The molecule has 40 heteroatoms. The van der Waals surface area contributed by atoms with E-state index in [2.05, 4.69) is 91.7 Å². The van der Waals surface area contributed by atoms with Crippen LogP contribution in [0.15, 0.2) is 42.9 Å². The van der Waals surface area contributed by atoms with Gasteiger partial charge in [-0.15, -0.1) is 0 Å². The maximum atomic E-state index is 14.3. The van der Waals surface area contributed by atoms with Gasteiger partial charge in [0.25, 0.3) is 0 Å². The van der Waals surface area contributed by atoms with E-state index in [1.165, 1.54) is 67.9 Å². The third-order valence-corrected chi connectivity index (χ3v) is 17.0. The number of benzene rings is 1. The Balaban J connectivity index is 2.33. The number of aromatic nitrogens is 2. The first kappa shape index (κ1) is 93.2. The van der Waals surface area contributed by atoms with E-state index >= 15 is 0 Å². The number of aromatic amines is 1. The molecule has 0 bridgehead atoms. The normalized spacial score (nSPS) is 15.5. The standard InChI is InChI=1S/C67H110N20O19S/c1-32(2)50(86-64(102)51(33(3)4)84-60(98)45(27-49(72)91)80-61(99)46(29-88)82-54(92)35(7)75-58(96)43(25-38-17-11-10-12-18-38)79-55(93)40(70)19-13-15-23-68)63(101)78-42(21-22-48(71)90)57(95)77-41(20-14-16-24-69)56(94)83-47(30-107)62(100)85-52(34(5)6)65(103)87-53(37(9)89)66(104)81-44(26-39-28-73-31-74-39)59(97)76-36(8)67(105)106/h10-12,17-18,28,31-37,40-47,50-53,88-89,107H,13-16,19-27,29-30,68-70H2,1-9H3,(H2,71,90)(H2,72,91)(H,73,74)(H,75,96)(H,76,97)(H,77,95)(H,78,101)(H,79,93)(H,80,99)(H,81,104)(H,82,92)(H,83,94)(H,84,98)(H,85,100)(H,86,102)(H,87,103)(H,105,106)/t35-,36-,37+,40-,41-,42-,43-,44-,45-,46-,47-,50-,51-,52-,53-/m0/s1. The van der Waals surface area contributed by atoms with Gasteiger partial charge in [-0.05, 0) is 95.7 Å². The van der Waals surface area contributed by atoms with Crippen LogP contribution < -0.4 is 97.8 Å². The number of H-pyrrole nitrogens is 1. The van der Waals surface area contributed by atoms with Crippen molar-refractivity contribution in [1.82, 2.24) is 79.1 Å². The zero-order valence-electron chi connectivity index (χ0n) is 61.7. The van der Waals surface area contributed by atoms with Gasteiger partial charge in [0, 0.05) is 31.2 Å². The topological polar surface area (TPSA) is 649 Å². The monoisotopic (exact) mass is 1530 g/mol. The zero-order chi connectivity index (χ0) is 80.9. The van der Waals surface area contributed by atoms with Gasteiger partial charge in [0.15, 0.2) is 0 Å². The van der Waals surface area contributed by atoms with Crippen LogP contribution in [0.1, 0.15) is 131 Å². The molecule has 39 nitrogen and oxygen atoms in total. The average Bonchev–Trinajstić information content (AvgIpc) is 1.08. The molecule has 598 valence electrons. The number of hydrogen-bond donors (Lipinski definition) is 23. The zero-order valence-corrected chi connectivity index (χ0v) is 62.6. The number of unbranched alkanes of at least 4 members (excludes halogenated alkanes) is 2. The minimum absolute atomic E-state index is 0.0132. The van der Waals surface area contributed by atoms with Gasteiger partial charge in [-0.2, -0.15) is 12.6 Å². The van der Waals surface area contributed by atoms with Gasteiger partial charge >= 0.3 is 5.97 Å². The molecule has 0 unspecified atom stereocenters. The van der Waals surface area contributed by atoms with E-state index in [4.69, 9.17) is 28.7 Å². The number of primary amides is 2. The smallest absolute Gasteiger partial charge is 0.325 e. The quantitative estimate of drug-likeness (QED) is 0.0216. The molecule has 2 rings (SSSR count). The first-order chi connectivity index (χ1) is 50.3. The summed E-state index contributed by atoms with van der Waals surface area (Å²) in [4.78, 5) is 223. The molecule has 27 N–H and O–H groups in total. The number of thiol groups is 1.